The second-order valence-electron chi connectivity index (χ2n) is 6.96. The Balaban J connectivity index is 1.44. The number of hydrogen-bond acceptors (Lipinski definition) is 3. The molecule has 1 amide bonds. The summed E-state index contributed by atoms with van der Waals surface area (Å²) in [5.41, 5.74) is 4.66. The Hall–Kier alpha value is -3.21. The molecule has 1 N–H and O–H groups in total. The van der Waals surface area contributed by atoms with E-state index >= 15 is 0 Å². The highest BCUT2D eigenvalue weighted by Crippen LogP contribution is 2.30. The van der Waals surface area contributed by atoms with Crippen molar-refractivity contribution >= 4 is 16.8 Å². The number of hydrogen-bond donors (Lipinski definition) is 1. The lowest BCUT2D eigenvalue weighted by Crippen LogP contribution is -2.38. The number of rotatable bonds is 6. The van der Waals surface area contributed by atoms with E-state index in [1.54, 1.807) is 7.11 Å². The standard InChI is InChI=1S/C23H24N2O3/c1-3-6-16-9-10-21(22(13-16)27-2)28-15-23(26)25-12-11-20-18(14-25)17-7-4-5-8-19(17)24-20/h3-5,7-10,13,24H,1,6,11-12,14-15H2,2H3. The number of nitrogens with one attached hydrogen (secondary N) is 1. The first-order valence-electron chi connectivity index (χ1n) is 9.46. The van der Waals surface area contributed by atoms with E-state index in [1.165, 1.54) is 16.6 Å². The quantitative estimate of drug-likeness (QED) is 0.665. The van der Waals surface area contributed by atoms with Crippen LogP contribution in [-0.2, 0) is 24.2 Å². The first-order valence-corrected chi connectivity index (χ1v) is 9.46. The zero-order valence-electron chi connectivity index (χ0n) is 16.0. The van der Waals surface area contributed by atoms with Crippen molar-refractivity contribution in [3.05, 3.63) is 71.9 Å². The van der Waals surface area contributed by atoms with Crippen LogP contribution in [0.2, 0.25) is 0 Å². The molecule has 144 valence electrons. The van der Waals surface area contributed by atoms with Gasteiger partial charge in [-0.25, -0.2) is 0 Å². The predicted octanol–water partition coefficient (Wildman–Crippen LogP) is 3.87. The summed E-state index contributed by atoms with van der Waals surface area (Å²) in [5, 5.41) is 1.19. The summed E-state index contributed by atoms with van der Waals surface area (Å²) in [5.74, 6) is 1.19. The largest absolute Gasteiger partial charge is 0.493 e. The third-order valence-corrected chi connectivity index (χ3v) is 5.19. The smallest absolute Gasteiger partial charge is 0.260 e. The first kappa shape index (κ1) is 18.2. The average molecular weight is 376 g/mol. The van der Waals surface area contributed by atoms with Crippen LogP contribution < -0.4 is 9.47 Å². The molecule has 1 aromatic heterocycles. The van der Waals surface area contributed by atoms with Gasteiger partial charge in [0.2, 0.25) is 0 Å². The van der Waals surface area contributed by atoms with Crippen LogP contribution in [-0.4, -0.2) is 36.1 Å². The van der Waals surface area contributed by atoms with E-state index in [0.717, 1.165) is 23.9 Å². The molecule has 2 aromatic carbocycles. The van der Waals surface area contributed by atoms with Crippen molar-refractivity contribution in [3.8, 4) is 11.5 Å². The Bertz CT molecular complexity index is 1020. The molecule has 0 radical (unpaired) electrons. The summed E-state index contributed by atoms with van der Waals surface area (Å²) < 4.78 is 11.2. The summed E-state index contributed by atoms with van der Waals surface area (Å²) in [6.45, 7) is 5.05. The second kappa shape index (κ2) is 7.80. The topological polar surface area (TPSA) is 54.6 Å². The number of fused-ring (bicyclic) bond motifs is 3. The molecule has 28 heavy (non-hydrogen) atoms. The number of benzene rings is 2. The van der Waals surface area contributed by atoms with E-state index in [9.17, 15) is 4.79 Å². The minimum atomic E-state index is -0.0202. The van der Waals surface area contributed by atoms with E-state index in [-0.39, 0.29) is 12.5 Å². The van der Waals surface area contributed by atoms with E-state index in [0.29, 0.717) is 24.6 Å². The number of H-pyrrole nitrogens is 1. The summed E-state index contributed by atoms with van der Waals surface area (Å²) >= 11 is 0. The number of aromatic amines is 1. The van der Waals surface area contributed by atoms with Crippen LogP contribution in [0.4, 0.5) is 0 Å². The fourth-order valence-corrected chi connectivity index (χ4v) is 3.74. The number of ether oxygens (including phenoxy) is 2. The molecule has 0 atom stereocenters. The van der Waals surface area contributed by atoms with Gasteiger partial charge in [0.25, 0.3) is 5.91 Å². The van der Waals surface area contributed by atoms with E-state index in [1.807, 2.05) is 41.3 Å². The van der Waals surface area contributed by atoms with Gasteiger partial charge in [-0.15, -0.1) is 6.58 Å². The summed E-state index contributed by atoms with van der Waals surface area (Å²) in [6.07, 6.45) is 3.43. The highest BCUT2D eigenvalue weighted by atomic mass is 16.5. The lowest BCUT2D eigenvalue weighted by Gasteiger charge is -2.27. The van der Waals surface area contributed by atoms with Gasteiger partial charge in [0.15, 0.2) is 18.1 Å². The molecule has 2 heterocycles. The summed E-state index contributed by atoms with van der Waals surface area (Å²) in [6, 6.07) is 14.0. The van der Waals surface area contributed by atoms with Gasteiger partial charge in [-0.3, -0.25) is 4.79 Å². The van der Waals surface area contributed by atoms with E-state index < -0.39 is 0 Å². The minimum absolute atomic E-state index is 0.00511. The molecule has 0 bridgehead atoms. The van der Waals surface area contributed by atoms with Gasteiger partial charge < -0.3 is 19.4 Å². The van der Waals surface area contributed by atoms with Crippen molar-refractivity contribution in [2.24, 2.45) is 0 Å². The van der Waals surface area contributed by atoms with Crippen molar-refractivity contribution < 1.29 is 14.3 Å². The molecule has 1 aliphatic heterocycles. The molecular weight excluding hydrogens is 352 g/mol. The Labute approximate surface area is 164 Å². The number of allylic oxidation sites excluding steroid dienone is 1. The second-order valence-corrected chi connectivity index (χ2v) is 6.96. The number of carbonyl (C=O) groups excluding carboxylic acids is 1. The van der Waals surface area contributed by atoms with Gasteiger partial charge in [-0.2, -0.15) is 0 Å². The van der Waals surface area contributed by atoms with Crippen LogP contribution in [0.5, 0.6) is 11.5 Å². The van der Waals surface area contributed by atoms with Crippen molar-refractivity contribution in [2.75, 3.05) is 20.3 Å². The van der Waals surface area contributed by atoms with Gasteiger partial charge in [0, 0.05) is 41.7 Å². The van der Waals surface area contributed by atoms with Crippen LogP contribution in [0.1, 0.15) is 16.8 Å². The number of para-hydroxylation sites is 1. The van der Waals surface area contributed by atoms with Crippen LogP contribution >= 0.6 is 0 Å². The Morgan fingerprint density at radius 1 is 1.25 bits per heavy atom. The SMILES string of the molecule is C=CCc1ccc(OCC(=O)N2CCc3[nH]c4ccccc4c3C2)c(OC)c1. The molecule has 0 saturated heterocycles. The highest BCUT2D eigenvalue weighted by molar-refractivity contribution is 5.86. The molecule has 1 aliphatic rings. The number of amides is 1. The van der Waals surface area contributed by atoms with Crippen LogP contribution in [0.15, 0.2) is 55.1 Å². The van der Waals surface area contributed by atoms with Gasteiger partial charge in [0.1, 0.15) is 0 Å². The minimum Gasteiger partial charge on any atom is -0.493 e. The number of carbonyl (C=O) groups is 1. The summed E-state index contributed by atoms with van der Waals surface area (Å²) in [7, 11) is 1.60. The fraction of sp³-hybridized carbons (Fsp3) is 0.261. The molecule has 0 saturated carbocycles. The molecule has 0 spiro atoms. The van der Waals surface area contributed by atoms with Gasteiger partial charge in [-0.1, -0.05) is 30.3 Å². The normalized spacial score (nSPS) is 13.2. The zero-order chi connectivity index (χ0) is 19.5. The molecule has 0 aliphatic carbocycles. The van der Waals surface area contributed by atoms with Crippen molar-refractivity contribution in [3.63, 3.8) is 0 Å². The van der Waals surface area contributed by atoms with Gasteiger partial charge in [0.05, 0.1) is 7.11 Å². The Morgan fingerprint density at radius 2 is 2.11 bits per heavy atom. The molecule has 5 nitrogen and oxygen atoms in total. The van der Waals surface area contributed by atoms with Crippen LogP contribution in [0, 0.1) is 0 Å². The first-order chi connectivity index (χ1) is 13.7. The lowest BCUT2D eigenvalue weighted by atomic mass is 10.0. The van der Waals surface area contributed by atoms with Crippen molar-refractivity contribution in [2.45, 2.75) is 19.4 Å². The summed E-state index contributed by atoms with van der Waals surface area (Å²) in [4.78, 5) is 18.1. The molecular formula is C23H24N2O3. The van der Waals surface area contributed by atoms with Crippen molar-refractivity contribution in [1.29, 1.82) is 0 Å². The molecule has 4 rings (SSSR count). The maximum Gasteiger partial charge on any atom is 0.260 e. The van der Waals surface area contributed by atoms with Crippen LogP contribution in [0.25, 0.3) is 10.9 Å². The average Bonchev–Trinajstić information content (AvgIpc) is 3.10. The number of methoxy groups -OCH3 is 1. The van der Waals surface area contributed by atoms with Crippen molar-refractivity contribution in [1.82, 2.24) is 9.88 Å². The number of aromatic nitrogens is 1. The molecule has 0 unspecified atom stereocenters. The monoisotopic (exact) mass is 376 g/mol. The van der Waals surface area contributed by atoms with E-state index in [4.69, 9.17) is 9.47 Å². The lowest BCUT2D eigenvalue weighted by molar-refractivity contribution is -0.134. The maximum absolute atomic E-state index is 12.7. The third-order valence-electron chi connectivity index (χ3n) is 5.19. The maximum atomic E-state index is 12.7. The fourth-order valence-electron chi connectivity index (χ4n) is 3.74. The van der Waals surface area contributed by atoms with Gasteiger partial charge in [-0.05, 0) is 30.2 Å². The third kappa shape index (κ3) is 3.48. The Kier molecular flexibility index (Phi) is 5.06. The molecule has 0 fully saturated rings. The predicted molar refractivity (Wildman–Crippen MR) is 110 cm³/mol. The van der Waals surface area contributed by atoms with Gasteiger partial charge >= 0.3 is 0 Å². The van der Waals surface area contributed by atoms with Crippen LogP contribution in [0.3, 0.4) is 0 Å². The molecule has 5 heteroatoms. The highest BCUT2D eigenvalue weighted by Gasteiger charge is 2.24. The zero-order valence-corrected chi connectivity index (χ0v) is 16.0. The van der Waals surface area contributed by atoms with E-state index in [2.05, 4.69) is 23.7 Å². The number of nitrogens with zero attached hydrogens (tertiary/aromatic N) is 1. The molecule has 3 aromatic rings. The Morgan fingerprint density at radius 3 is 2.93 bits per heavy atom.